The Morgan fingerprint density at radius 2 is 2.03 bits per heavy atom. The summed E-state index contributed by atoms with van der Waals surface area (Å²) < 4.78 is 5.26. The number of methoxy groups -OCH3 is 1. The maximum absolute atomic E-state index is 12.4. The zero-order valence-corrected chi connectivity index (χ0v) is 17.7. The molecule has 4 N–H and O–H groups in total. The summed E-state index contributed by atoms with van der Waals surface area (Å²) in [5, 5.41) is 18.0. The molecular weight excluding hydrogens is 410 g/mol. The number of rotatable bonds is 9. The summed E-state index contributed by atoms with van der Waals surface area (Å²) in [5.41, 5.74) is 0.860. The third-order valence-electron chi connectivity index (χ3n) is 4.66. The van der Waals surface area contributed by atoms with Crippen LogP contribution in [0.25, 0.3) is 10.9 Å². The summed E-state index contributed by atoms with van der Waals surface area (Å²) in [6.45, 7) is 1.51. The fraction of sp³-hybridized carbons (Fsp3) is 0.400. The first-order valence-corrected chi connectivity index (χ1v) is 9.75. The lowest BCUT2D eigenvalue weighted by molar-refractivity contribution is -0.125. The minimum atomic E-state index is -0.837. The molecule has 3 amide bonds. The number of nitrogens with zero attached hydrogens (tertiary/aromatic N) is 1. The van der Waals surface area contributed by atoms with Crippen molar-refractivity contribution >= 4 is 40.2 Å². The van der Waals surface area contributed by atoms with Crippen molar-refractivity contribution in [1.29, 1.82) is 5.26 Å². The summed E-state index contributed by atoms with van der Waals surface area (Å²) in [6.07, 6.45) is 0.729. The molecule has 0 unspecified atom stereocenters. The van der Waals surface area contributed by atoms with Gasteiger partial charge in [-0.05, 0) is 31.0 Å². The van der Waals surface area contributed by atoms with Gasteiger partial charge in [0.15, 0.2) is 0 Å². The molecule has 0 saturated carbocycles. The molecule has 9 nitrogen and oxygen atoms in total. The zero-order valence-electron chi connectivity index (χ0n) is 17.0. The predicted molar refractivity (Wildman–Crippen MR) is 112 cm³/mol. The van der Waals surface area contributed by atoms with Gasteiger partial charge in [-0.25, -0.2) is 0 Å². The molecule has 0 bridgehead atoms. The Hall–Kier alpha value is -3.25. The number of hydrogen-bond acceptors (Lipinski definition) is 5. The molecule has 10 heteroatoms. The predicted octanol–water partition coefficient (Wildman–Crippen LogP) is 1.73. The van der Waals surface area contributed by atoms with Crippen LogP contribution in [0.15, 0.2) is 18.2 Å². The van der Waals surface area contributed by atoms with E-state index in [-0.39, 0.29) is 30.5 Å². The second-order valence-corrected chi connectivity index (χ2v) is 7.08. The lowest BCUT2D eigenvalue weighted by atomic mass is 9.97. The van der Waals surface area contributed by atoms with Crippen molar-refractivity contribution < 1.29 is 19.1 Å². The first kappa shape index (κ1) is 23.0. The molecule has 0 aliphatic carbocycles. The van der Waals surface area contributed by atoms with Gasteiger partial charge in [-0.2, -0.15) is 5.26 Å². The molecule has 0 aliphatic heterocycles. The lowest BCUT2D eigenvalue weighted by Gasteiger charge is -2.18. The number of ether oxygens (including phenoxy) is 1. The Morgan fingerprint density at radius 3 is 2.63 bits per heavy atom. The van der Waals surface area contributed by atoms with Crippen molar-refractivity contribution in [2.45, 2.75) is 25.8 Å². The summed E-state index contributed by atoms with van der Waals surface area (Å²) in [5.74, 6) is -1.08. The molecule has 0 saturated heterocycles. The molecule has 0 radical (unpaired) electrons. The monoisotopic (exact) mass is 433 g/mol. The van der Waals surface area contributed by atoms with Crippen LogP contribution in [0.1, 0.15) is 30.3 Å². The highest BCUT2D eigenvalue weighted by Gasteiger charge is 2.22. The quantitative estimate of drug-likeness (QED) is 0.477. The van der Waals surface area contributed by atoms with E-state index >= 15 is 0 Å². The number of amides is 3. The first-order chi connectivity index (χ1) is 14.3. The molecule has 2 rings (SSSR count). The average molecular weight is 434 g/mol. The van der Waals surface area contributed by atoms with Crippen LogP contribution < -0.4 is 20.7 Å². The number of halogens is 1. The Labute approximate surface area is 179 Å². The maximum atomic E-state index is 12.4. The zero-order chi connectivity index (χ0) is 22.3. The number of benzene rings is 1. The van der Waals surface area contributed by atoms with Gasteiger partial charge in [-0.15, -0.1) is 0 Å². The van der Waals surface area contributed by atoms with E-state index in [1.54, 1.807) is 18.2 Å². The van der Waals surface area contributed by atoms with E-state index in [0.29, 0.717) is 28.1 Å². The highest BCUT2D eigenvalue weighted by atomic mass is 35.5. The van der Waals surface area contributed by atoms with Crippen molar-refractivity contribution in [3.8, 4) is 11.8 Å². The minimum Gasteiger partial charge on any atom is -0.496 e. The number of carbonyl (C=O) groups excluding carboxylic acids is 3. The van der Waals surface area contributed by atoms with Gasteiger partial charge >= 0.3 is 0 Å². The second-order valence-electron chi connectivity index (χ2n) is 6.64. The van der Waals surface area contributed by atoms with Crippen molar-refractivity contribution in [2.24, 2.45) is 5.92 Å². The van der Waals surface area contributed by atoms with E-state index < -0.39 is 17.9 Å². The van der Waals surface area contributed by atoms with Crippen LogP contribution in [0.4, 0.5) is 0 Å². The Bertz CT molecular complexity index is 981. The van der Waals surface area contributed by atoms with E-state index in [9.17, 15) is 19.6 Å². The van der Waals surface area contributed by atoms with Crippen molar-refractivity contribution in [3.05, 3.63) is 28.9 Å². The molecule has 160 valence electrons. The van der Waals surface area contributed by atoms with E-state index in [1.165, 1.54) is 14.2 Å². The molecule has 0 spiro atoms. The number of nitrogens with one attached hydrogen (secondary N) is 4. The molecule has 30 heavy (non-hydrogen) atoms. The number of carbonyl (C=O) groups is 3. The summed E-state index contributed by atoms with van der Waals surface area (Å²) >= 11 is 6.03. The first-order valence-electron chi connectivity index (χ1n) is 9.37. The van der Waals surface area contributed by atoms with Crippen LogP contribution in [0, 0.1) is 17.2 Å². The van der Waals surface area contributed by atoms with Crippen LogP contribution in [0.5, 0.6) is 5.75 Å². The van der Waals surface area contributed by atoms with Crippen molar-refractivity contribution in [1.82, 2.24) is 20.9 Å². The van der Waals surface area contributed by atoms with Gasteiger partial charge in [-0.3, -0.25) is 14.4 Å². The van der Waals surface area contributed by atoms with Crippen LogP contribution in [-0.2, 0) is 9.59 Å². The van der Waals surface area contributed by atoms with Gasteiger partial charge < -0.3 is 25.7 Å². The largest absolute Gasteiger partial charge is 0.496 e. The van der Waals surface area contributed by atoms with E-state index in [2.05, 4.69) is 20.9 Å². The van der Waals surface area contributed by atoms with Crippen LogP contribution in [-0.4, -0.2) is 49.4 Å². The van der Waals surface area contributed by atoms with Gasteiger partial charge in [0.1, 0.15) is 17.5 Å². The topological polar surface area (TPSA) is 136 Å². The van der Waals surface area contributed by atoms with E-state index in [1.807, 2.05) is 13.0 Å². The Kier molecular flexibility index (Phi) is 8.07. The second kappa shape index (κ2) is 10.5. The van der Waals surface area contributed by atoms with Gasteiger partial charge in [-0.1, -0.05) is 18.5 Å². The number of nitriles is 1. The third kappa shape index (κ3) is 5.64. The summed E-state index contributed by atoms with van der Waals surface area (Å²) in [4.78, 5) is 39.3. The van der Waals surface area contributed by atoms with Crippen LogP contribution >= 0.6 is 11.6 Å². The molecule has 2 atom stereocenters. The van der Waals surface area contributed by atoms with Crippen molar-refractivity contribution in [3.63, 3.8) is 0 Å². The highest BCUT2D eigenvalue weighted by molar-refractivity contribution is 6.31. The van der Waals surface area contributed by atoms with Gasteiger partial charge in [0.25, 0.3) is 5.91 Å². The van der Waals surface area contributed by atoms with E-state index in [0.717, 1.165) is 0 Å². The number of H-pyrrole nitrogens is 1. The molecule has 0 aliphatic rings. The molecule has 1 aromatic carbocycles. The summed E-state index contributed by atoms with van der Waals surface area (Å²) in [7, 11) is 3.02. The smallest absolute Gasteiger partial charge is 0.268 e. The summed E-state index contributed by atoms with van der Waals surface area (Å²) in [6, 6.07) is 6.04. The molecule has 0 fully saturated rings. The fourth-order valence-electron chi connectivity index (χ4n) is 3.05. The molecule has 2 aromatic rings. The number of aromatic nitrogens is 1. The SMILES string of the molecule is CC[C@@H](C[C@@H](C#N)NC(=O)CNC(=O)c1cc2c(OC)cc(Cl)cc2[nH]1)C(=O)NC. The number of hydrogen-bond donors (Lipinski definition) is 4. The number of fused-ring (bicyclic) bond motifs is 1. The highest BCUT2D eigenvalue weighted by Crippen LogP contribution is 2.30. The van der Waals surface area contributed by atoms with Gasteiger partial charge in [0.05, 0.1) is 25.2 Å². The standard InChI is InChI=1S/C20H24ClN5O4/c1-4-11(19(28)23-2)5-13(9-22)25-18(27)10-24-20(29)16-8-14-15(26-16)6-12(21)7-17(14)30-3/h6-8,11,13,26H,4-5,10H2,1-3H3,(H,23,28)(H,24,29)(H,25,27)/t11-,13-/m0/s1. The third-order valence-corrected chi connectivity index (χ3v) is 4.88. The molecular formula is C20H24ClN5O4. The lowest BCUT2D eigenvalue weighted by Crippen LogP contribution is -2.43. The maximum Gasteiger partial charge on any atom is 0.268 e. The Morgan fingerprint density at radius 1 is 1.30 bits per heavy atom. The van der Waals surface area contributed by atoms with Crippen LogP contribution in [0.2, 0.25) is 5.02 Å². The molecule has 1 aromatic heterocycles. The minimum absolute atomic E-state index is 0.186. The normalized spacial score (nSPS) is 12.5. The van der Waals surface area contributed by atoms with Crippen LogP contribution in [0.3, 0.4) is 0 Å². The average Bonchev–Trinajstić information content (AvgIpc) is 3.17. The van der Waals surface area contributed by atoms with Gasteiger partial charge in [0, 0.05) is 23.4 Å². The van der Waals surface area contributed by atoms with Crippen molar-refractivity contribution in [2.75, 3.05) is 20.7 Å². The molecule has 1 heterocycles. The Balaban J connectivity index is 1.97. The van der Waals surface area contributed by atoms with E-state index in [4.69, 9.17) is 16.3 Å². The fourth-order valence-corrected chi connectivity index (χ4v) is 3.26. The van der Waals surface area contributed by atoms with Gasteiger partial charge in [0.2, 0.25) is 11.8 Å². The number of aromatic amines is 1.